The minimum atomic E-state index is -0.892. The van der Waals surface area contributed by atoms with Gasteiger partial charge in [-0.3, -0.25) is 10.1 Å². The first-order chi connectivity index (χ1) is 10.2. The fourth-order valence-electron chi connectivity index (χ4n) is 1.92. The molecule has 1 unspecified atom stereocenters. The van der Waals surface area contributed by atoms with Crippen molar-refractivity contribution < 1.29 is 19.4 Å². The molecule has 0 aliphatic rings. The van der Waals surface area contributed by atoms with E-state index in [9.17, 15) is 9.59 Å². The molecule has 22 heavy (non-hydrogen) atoms. The number of rotatable bonds is 5. The third kappa shape index (κ3) is 6.31. The number of hydrogen-bond acceptors (Lipinski definition) is 3. The average Bonchev–Trinajstić information content (AvgIpc) is 2.36. The van der Waals surface area contributed by atoms with E-state index in [4.69, 9.17) is 16.3 Å². The van der Waals surface area contributed by atoms with Crippen LogP contribution in [0.2, 0.25) is 0 Å². The number of benzene rings is 1. The number of anilines is 1. The van der Waals surface area contributed by atoms with Gasteiger partial charge in [0.05, 0.1) is 6.42 Å². The summed E-state index contributed by atoms with van der Waals surface area (Å²) in [5.74, 6) is 1.36. The van der Waals surface area contributed by atoms with E-state index in [-0.39, 0.29) is 12.3 Å². The monoisotopic (exact) mass is 303 g/mol. The maximum atomic E-state index is 11.7. The largest absolute Gasteiger partial charge is 0.481 e. The predicted octanol–water partition coefficient (Wildman–Crippen LogP) is 3.62. The van der Waals surface area contributed by atoms with Crippen LogP contribution in [0, 0.1) is 12.3 Å². The molecule has 0 aromatic heterocycles. The molecule has 1 atom stereocenters. The number of aliphatic carboxylic acids is 1. The van der Waals surface area contributed by atoms with Gasteiger partial charge in [0.1, 0.15) is 5.60 Å². The number of carbonyl (C=O) groups is 2. The summed E-state index contributed by atoms with van der Waals surface area (Å²) in [6.45, 7) is 5.35. The van der Waals surface area contributed by atoms with Gasteiger partial charge in [-0.25, -0.2) is 4.79 Å². The topological polar surface area (TPSA) is 75.6 Å². The number of carboxylic acids is 1. The third-order valence-electron chi connectivity index (χ3n) is 2.81. The number of carbonyl (C=O) groups excluding carboxylic acids is 1. The molecule has 1 rings (SSSR count). The fourth-order valence-corrected chi connectivity index (χ4v) is 1.92. The van der Waals surface area contributed by atoms with Crippen LogP contribution in [0.4, 0.5) is 10.5 Å². The molecule has 0 bridgehead atoms. The quantitative estimate of drug-likeness (QED) is 0.815. The Morgan fingerprint density at radius 2 is 1.91 bits per heavy atom. The highest BCUT2D eigenvalue weighted by atomic mass is 16.6. The van der Waals surface area contributed by atoms with E-state index in [0.717, 1.165) is 5.56 Å². The number of carboxylic acid groups (broad SMARTS) is 1. The SMILES string of the molecule is C#CCC(CC(=O)O)c1ccc(NC(=O)OC(C)(C)C)cc1. The molecule has 1 amide bonds. The van der Waals surface area contributed by atoms with Crippen molar-refractivity contribution in [3.05, 3.63) is 29.8 Å². The van der Waals surface area contributed by atoms with Gasteiger partial charge in [-0.05, 0) is 38.5 Å². The van der Waals surface area contributed by atoms with E-state index in [2.05, 4.69) is 11.2 Å². The standard InChI is InChI=1S/C17H21NO4/c1-5-6-13(11-15(19)20)12-7-9-14(10-8-12)18-16(21)22-17(2,3)4/h1,7-10,13H,6,11H2,2-4H3,(H,18,21)(H,19,20). The van der Waals surface area contributed by atoms with Gasteiger partial charge in [0.25, 0.3) is 0 Å². The van der Waals surface area contributed by atoms with Gasteiger partial charge >= 0.3 is 12.1 Å². The summed E-state index contributed by atoms with van der Waals surface area (Å²) >= 11 is 0. The van der Waals surface area contributed by atoms with Gasteiger partial charge in [0.2, 0.25) is 0 Å². The van der Waals surface area contributed by atoms with E-state index < -0.39 is 17.7 Å². The van der Waals surface area contributed by atoms with Crippen LogP contribution in [-0.2, 0) is 9.53 Å². The fraction of sp³-hybridized carbons (Fsp3) is 0.412. The molecular weight excluding hydrogens is 282 g/mol. The normalized spacial score (nSPS) is 12.1. The van der Waals surface area contributed by atoms with Gasteiger partial charge < -0.3 is 9.84 Å². The zero-order chi connectivity index (χ0) is 16.8. The first-order valence-corrected chi connectivity index (χ1v) is 6.96. The van der Waals surface area contributed by atoms with Gasteiger partial charge in [-0.15, -0.1) is 12.3 Å². The van der Waals surface area contributed by atoms with Crippen molar-refractivity contribution in [2.75, 3.05) is 5.32 Å². The van der Waals surface area contributed by atoms with Crippen LogP contribution in [0.15, 0.2) is 24.3 Å². The lowest BCUT2D eigenvalue weighted by Crippen LogP contribution is -2.27. The Labute approximate surface area is 130 Å². The Hall–Kier alpha value is -2.48. The number of amides is 1. The third-order valence-corrected chi connectivity index (χ3v) is 2.81. The Morgan fingerprint density at radius 3 is 2.36 bits per heavy atom. The van der Waals surface area contributed by atoms with E-state index >= 15 is 0 Å². The van der Waals surface area contributed by atoms with E-state index in [1.165, 1.54) is 0 Å². The van der Waals surface area contributed by atoms with Crippen molar-refractivity contribution >= 4 is 17.7 Å². The average molecular weight is 303 g/mol. The van der Waals surface area contributed by atoms with Crippen molar-refractivity contribution in [2.24, 2.45) is 0 Å². The van der Waals surface area contributed by atoms with E-state index in [1.54, 1.807) is 45.0 Å². The predicted molar refractivity (Wildman–Crippen MR) is 84.7 cm³/mol. The summed E-state index contributed by atoms with van der Waals surface area (Å²) in [6, 6.07) is 6.92. The zero-order valence-electron chi connectivity index (χ0n) is 13.1. The lowest BCUT2D eigenvalue weighted by atomic mass is 9.93. The Morgan fingerprint density at radius 1 is 1.32 bits per heavy atom. The second kappa shape index (κ2) is 7.51. The highest BCUT2D eigenvalue weighted by molar-refractivity contribution is 5.84. The molecule has 0 heterocycles. The minimum absolute atomic E-state index is 0.0248. The zero-order valence-corrected chi connectivity index (χ0v) is 13.1. The molecule has 1 aromatic rings. The molecule has 0 radical (unpaired) electrons. The lowest BCUT2D eigenvalue weighted by molar-refractivity contribution is -0.137. The van der Waals surface area contributed by atoms with Crippen LogP contribution in [-0.4, -0.2) is 22.8 Å². The molecule has 5 nitrogen and oxygen atoms in total. The van der Waals surface area contributed by atoms with Crippen LogP contribution in [0.5, 0.6) is 0 Å². The number of nitrogens with one attached hydrogen (secondary N) is 1. The molecule has 0 fully saturated rings. The summed E-state index contributed by atoms with van der Waals surface area (Å²) < 4.78 is 5.16. The summed E-state index contributed by atoms with van der Waals surface area (Å²) in [4.78, 5) is 22.5. The van der Waals surface area contributed by atoms with Gasteiger partial charge in [-0.2, -0.15) is 0 Å². The number of terminal acetylenes is 1. The minimum Gasteiger partial charge on any atom is -0.481 e. The van der Waals surface area contributed by atoms with Crippen LogP contribution in [0.25, 0.3) is 0 Å². The van der Waals surface area contributed by atoms with Gasteiger partial charge in [0, 0.05) is 18.0 Å². The molecule has 0 saturated heterocycles. The molecule has 0 aliphatic carbocycles. The second-order valence-electron chi connectivity index (χ2n) is 5.95. The molecular formula is C17H21NO4. The summed E-state index contributed by atoms with van der Waals surface area (Å²) in [5.41, 5.74) is 0.839. The summed E-state index contributed by atoms with van der Waals surface area (Å²) in [5, 5.41) is 11.5. The second-order valence-corrected chi connectivity index (χ2v) is 5.95. The molecule has 5 heteroatoms. The van der Waals surface area contributed by atoms with Gasteiger partial charge in [0.15, 0.2) is 0 Å². The maximum Gasteiger partial charge on any atom is 0.412 e. The molecule has 0 aliphatic heterocycles. The van der Waals surface area contributed by atoms with Crippen molar-refractivity contribution in [2.45, 2.75) is 45.1 Å². The highest BCUT2D eigenvalue weighted by Crippen LogP contribution is 2.24. The first-order valence-electron chi connectivity index (χ1n) is 6.96. The van der Waals surface area contributed by atoms with Crippen LogP contribution in [0.1, 0.15) is 45.1 Å². The van der Waals surface area contributed by atoms with Crippen molar-refractivity contribution in [3.8, 4) is 12.3 Å². The Kier molecular flexibility index (Phi) is 6.00. The van der Waals surface area contributed by atoms with Crippen molar-refractivity contribution in [1.82, 2.24) is 0 Å². The molecule has 0 saturated carbocycles. The summed E-state index contributed by atoms with van der Waals surface area (Å²) in [6.07, 6.45) is 5.07. The summed E-state index contributed by atoms with van der Waals surface area (Å²) in [7, 11) is 0. The van der Waals surface area contributed by atoms with Crippen LogP contribution < -0.4 is 5.32 Å². The Bertz CT molecular complexity index is 564. The number of hydrogen-bond donors (Lipinski definition) is 2. The van der Waals surface area contributed by atoms with E-state index in [0.29, 0.717) is 12.1 Å². The molecule has 0 spiro atoms. The molecule has 118 valence electrons. The van der Waals surface area contributed by atoms with Crippen molar-refractivity contribution in [3.63, 3.8) is 0 Å². The highest BCUT2D eigenvalue weighted by Gasteiger charge is 2.17. The van der Waals surface area contributed by atoms with Gasteiger partial charge in [-0.1, -0.05) is 12.1 Å². The lowest BCUT2D eigenvalue weighted by Gasteiger charge is -2.20. The Balaban J connectivity index is 2.75. The maximum absolute atomic E-state index is 11.7. The first kappa shape index (κ1) is 17.6. The van der Waals surface area contributed by atoms with Crippen molar-refractivity contribution in [1.29, 1.82) is 0 Å². The number of ether oxygens (including phenoxy) is 1. The van der Waals surface area contributed by atoms with Crippen LogP contribution in [0.3, 0.4) is 0 Å². The smallest absolute Gasteiger partial charge is 0.412 e. The van der Waals surface area contributed by atoms with E-state index in [1.807, 2.05) is 0 Å². The van der Waals surface area contributed by atoms with Crippen LogP contribution >= 0.6 is 0 Å². The molecule has 1 aromatic carbocycles. The molecule has 2 N–H and O–H groups in total.